The van der Waals surface area contributed by atoms with E-state index in [0.717, 1.165) is 29.6 Å². The van der Waals surface area contributed by atoms with Gasteiger partial charge in [0.15, 0.2) is 0 Å². The van der Waals surface area contributed by atoms with E-state index in [2.05, 4.69) is 10.8 Å². The highest BCUT2D eigenvalue weighted by Gasteiger charge is 2.03. The van der Waals surface area contributed by atoms with Crippen molar-refractivity contribution in [2.75, 3.05) is 12.0 Å². The molecule has 0 N–H and O–H groups in total. The molecule has 0 aliphatic heterocycles. The molecule has 0 fully saturated rings. The second-order valence-corrected chi connectivity index (χ2v) is 4.51. The second-order valence-electron chi connectivity index (χ2n) is 3.53. The van der Waals surface area contributed by atoms with Crippen LogP contribution in [0.2, 0.25) is 0 Å². The first kappa shape index (κ1) is 10.6. The molecular formula is C12H14FNS. The molecule has 0 saturated heterocycles. The van der Waals surface area contributed by atoms with Gasteiger partial charge >= 0.3 is 0 Å². The smallest absolute Gasteiger partial charge is 0.132 e. The molecule has 2 aromatic rings. The third-order valence-electron chi connectivity index (χ3n) is 2.51. The Bertz CT molecular complexity index is 450. The summed E-state index contributed by atoms with van der Waals surface area (Å²) < 4.78 is 15.5. The summed E-state index contributed by atoms with van der Waals surface area (Å²) in [5.41, 5.74) is 0.996. The van der Waals surface area contributed by atoms with Crippen LogP contribution in [0.5, 0.6) is 0 Å². The molecule has 80 valence electrons. The summed E-state index contributed by atoms with van der Waals surface area (Å²) >= 11 is 1.84. The molecule has 3 heteroatoms. The van der Waals surface area contributed by atoms with Crippen molar-refractivity contribution in [1.29, 1.82) is 0 Å². The molecule has 0 amide bonds. The highest BCUT2D eigenvalue weighted by atomic mass is 32.2. The first-order chi connectivity index (χ1) is 7.33. The van der Waals surface area contributed by atoms with Gasteiger partial charge in [0.1, 0.15) is 5.82 Å². The van der Waals surface area contributed by atoms with E-state index in [1.165, 1.54) is 6.07 Å². The van der Waals surface area contributed by atoms with E-state index in [-0.39, 0.29) is 5.82 Å². The predicted octanol–water partition coefficient (Wildman–Crippen LogP) is 3.53. The van der Waals surface area contributed by atoms with Gasteiger partial charge < -0.3 is 4.57 Å². The summed E-state index contributed by atoms with van der Waals surface area (Å²) in [7, 11) is 0. The van der Waals surface area contributed by atoms with Crippen molar-refractivity contribution in [3.63, 3.8) is 0 Å². The van der Waals surface area contributed by atoms with Crippen LogP contribution in [-0.4, -0.2) is 16.6 Å². The van der Waals surface area contributed by atoms with Crippen LogP contribution in [0.1, 0.15) is 6.42 Å². The topological polar surface area (TPSA) is 4.93 Å². The van der Waals surface area contributed by atoms with Gasteiger partial charge in [-0.05, 0) is 36.6 Å². The molecule has 0 unspecified atom stereocenters. The Balaban J connectivity index is 2.25. The normalized spacial score (nSPS) is 11.1. The van der Waals surface area contributed by atoms with Crippen molar-refractivity contribution in [1.82, 2.24) is 4.57 Å². The van der Waals surface area contributed by atoms with Crippen LogP contribution in [0, 0.1) is 5.82 Å². The average molecular weight is 223 g/mol. The van der Waals surface area contributed by atoms with E-state index in [4.69, 9.17) is 0 Å². The standard InChI is InChI=1S/C12H14FNS/c1-15-9-3-7-14-8-6-10-11(13)4-2-5-12(10)14/h2,4-6,8H,3,7,9H2,1H3. The number of aryl methyl sites for hydroxylation is 1. The Morgan fingerprint density at radius 3 is 3.00 bits per heavy atom. The molecule has 0 aliphatic carbocycles. The fourth-order valence-corrected chi connectivity index (χ4v) is 2.18. The minimum absolute atomic E-state index is 0.129. The SMILES string of the molecule is CSCCCn1ccc2c(F)cccc21. The third kappa shape index (κ3) is 2.17. The number of halogens is 1. The zero-order valence-electron chi connectivity index (χ0n) is 8.74. The maximum absolute atomic E-state index is 13.4. The number of hydrogen-bond donors (Lipinski definition) is 0. The summed E-state index contributed by atoms with van der Waals surface area (Å²) in [6.07, 6.45) is 5.20. The number of rotatable bonds is 4. The minimum atomic E-state index is -0.129. The van der Waals surface area contributed by atoms with Crippen LogP contribution in [0.15, 0.2) is 30.5 Å². The largest absolute Gasteiger partial charge is 0.347 e. The van der Waals surface area contributed by atoms with Crippen molar-refractivity contribution in [2.24, 2.45) is 0 Å². The van der Waals surface area contributed by atoms with Gasteiger partial charge in [-0.2, -0.15) is 11.8 Å². The zero-order chi connectivity index (χ0) is 10.7. The highest BCUT2D eigenvalue weighted by molar-refractivity contribution is 7.98. The van der Waals surface area contributed by atoms with Crippen LogP contribution in [-0.2, 0) is 6.54 Å². The van der Waals surface area contributed by atoms with Gasteiger partial charge in [-0.15, -0.1) is 0 Å². The lowest BCUT2D eigenvalue weighted by Crippen LogP contribution is -1.97. The van der Waals surface area contributed by atoms with E-state index in [0.29, 0.717) is 0 Å². The fourth-order valence-electron chi connectivity index (χ4n) is 1.76. The molecule has 0 atom stereocenters. The van der Waals surface area contributed by atoms with Crippen molar-refractivity contribution in [3.05, 3.63) is 36.3 Å². The fraction of sp³-hybridized carbons (Fsp3) is 0.333. The Morgan fingerprint density at radius 2 is 2.20 bits per heavy atom. The first-order valence-electron chi connectivity index (χ1n) is 5.05. The Morgan fingerprint density at radius 1 is 1.33 bits per heavy atom. The summed E-state index contributed by atoms with van der Waals surface area (Å²) in [5.74, 6) is 1.02. The molecule has 1 nitrogen and oxygen atoms in total. The molecule has 2 rings (SSSR count). The monoisotopic (exact) mass is 223 g/mol. The van der Waals surface area contributed by atoms with E-state index in [9.17, 15) is 4.39 Å². The van der Waals surface area contributed by atoms with Gasteiger partial charge in [0.05, 0.1) is 5.52 Å². The van der Waals surface area contributed by atoms with Crippen molar-refractivity contribution in [2.45, 2.75) is 13.0 Å². The van der Waals surface area contributed by atoms with Crippen LogP contribution in [0.4, 0.5) is 4.39 Å². The van der Waals surface area contributed by atoms with E-state index in [1.807, 2.05) is 30.1 Å². The molecule has 0 bridgehead atoms. The number of nitrogens with zero attached hydrogens (tertiary/aromatic N) is 1. The molecule has 1 aromatic carbocycles. The maximum atomic E-state index is 13.4. The van der Waals surface area contributed by atoms with Gasteiger partial charge in [-0.25, -0.2) is 4.39 Å². The van der Waals surface area contributed by atoms with Gasteiger partial charge in [0.25, 0.3) is 0 Å². The minimum Gasteiger partial charge on any atom is -0.347 e. The van der Waals surface area contributed by atoms with Gasteiger partial charge in [0, 0.05) is 18.1 Å². The lowest BCUT2D eigenvalue weighted by molar-refractivity contribution is 0.639. The summed E-state index contributed by atoms with van der Waals surface area (Å²) in [4.78, 5) is 0. The Hall–Kier alpha value is -0.960. The highest BCUT2D eigenvalue weighted by Crippen LogP contribution is 2.19. The first-order valence-corrected chi connectivity index (χ1v) is 6.44. The number of thioether (sulfide) groups is 1. The molecule has 0 saturated carbocycles. The lowest BCUT2D eigenvalue weighted by atomic mass is 10.2. The number of fused-ring (bicyclic) bond motifs is 1. The summed E-state index contributed by atoms with van der Waals surface area (Å²) in [6.45, 7) is 0.966. The van der Waals surface area contributed by atoms with Gasteiger partial charge in [-0.3, -0.25) is 0 Å². The molecule has 0 radical (unpaired) electrons. The average Bonchev–Trinajstić information content (AvgIpc) is 2.64. The molecular weight excluding hydrogens is 209 g/mol. The number of aromatic nitrogens is 1. The van der Waals surface area contributed by atoms with E-state index < -0.39 is 0 Å². The van der Waals surface area contributed by atoms with Crippen LogP contribution < -0.4 is 0 Å². The van der Waals surface area contributed by atoms with Crippen molar-refractivity contribution < 1.29 is 4.39 Å². The predicted molar refractivity (Wildman–Crippen MR) is 64.9 cm³/mol. The molecule has 1 heterocycles. The zero-order valence-corrected chi connectivity index (χ0v) is 9.56. The Kier molecular flexibility index (Phi) is 3.31. The summed E-state index contributed by atoms with van der Waals surface area (Å²) in [5, 5.41) is 0.724. The summed E-state index contributed by atoms with van der Waals surface area (Å²) in [6, 6.07) is 7.10. The van der Waals surface area contributed by atoms with Crippen molar-refractivity contribution >= 4 is 22.7 Å². The van der Waals surface area contributed by atoms with Gasteiger partial charge in [0.2, 0.25) is 0 Å². The van der Waals surface area contributed by atoms with E-state index >= 15 is 0 Å². The second kappa shape index (κ2) is 4.71. The number of hydrogen-bond acceptors (Lipinski definition) is 1. The van der Waals surface area contributed by atoms with E-state index in [1.54, 1.807) is 6.07 Å². The van der Waals surface area contributed by atoms with Crippen LogP contribution >= 0.6 is 11.8 Å². The third-order valence-corrected chi connectivity index (χ3v) is 3.20. The number of benzene rings is 1. The lowest BCUT2D eigenvalue weighted by Gasteiger charge is -2.04. The maximum Gasteiger partial charge on any atom is 0.132 e. The van der Waals surface area contributed by atoms with Crippen LogP contribution in [0.25, 0.3) is 10.9 Å². The Labute approximate surface area is 93.3 Å². The van der Waals surface area contributed by atoms with Crippen LogP contribution in [0.3, 0.4) is 0 Å². The molecule has 0 spiro atoms. The quantitative estimate of drug-likeness (QED) is 0.718. The molecule has 15 heavy (non-hydrogen) atoms. The molecule has 0 aliphatic rings. The van der Waals surface area contributed by atoms with Gasteiger partial charge in [-0.1, -0.05) is 6.07 Å². The molecule has 1 aromatic heterocycles. The van der Waals surface area contributed by atoms with Crippen molar-refractivity contribution in [3.8, 4) is 0 Å².